The van der Waals surface area contributed by atoms with Crippen LogP contribution in [0.3, 0.4) is 0 Å². The van der Waals surface area contributed by atoms with E-state index in [1.807, 2.05) is 6.92 Å². The molecule has 2 heteroatoms. The Morgan fingerprint density at radius 3 is 3.00 bits per heavy atom. The zero-order valence-corrected chi connectivity index (χ0v) is 9.53. The Balaban J connectivity index is 2.35. The van der Waals surface area contributed by atoms with Gasteiger partial charge in [-0.05, 0) is 36.5 Å². The maximum atomic E-state index is 9.80. The number of fused-ring (bicyclic) bond motifs is 1. The van der Waals surface area contributed by atoms with Crippen LogP contribution in [0.15, 0.2) is 18.2 Å². The molecular formula is C13H19NO. The van der Waals surface area contributed by atoms with Crippen molar-refractivity contribution in [3.63, 3.8) is 0 Å². The van der Waals surface area contributed by atoms with Gasteiger partial charge < -0.3 is 10.0 Å². The molecule has 2 nitrogen and oxygen atoms in total. The molecule has 0 fully saturated rings. The lowest BCUT2D eigenvalue weighted by molar-refractivity contribution is 0.173. The summed E-state index contributed by atoms with van der Waals surface area (Å²) in [6.45, 7) is 3.13. The maximum Gasteiger partial charge on any atom is 0.0788 e. The highest BCUT2D eigenvalue weighted by Gasteiger charge is 2.15. The van der Waals surface area contributed by atoms with Crippen LogP contribution >= 0.6 is 0 Å². The normalized spacial score (nSPS) is 17.4. The molecule has 0 radical (unpaired) electrons. The molecule has 0 aliphatic carbocycles. The molecule has 1 aromatic carbocycles. The van der Waals surface area contributed by atoms with Crippen LogP contribution in [0.5, 0.6) is 0 Å². The maximum absolute atomic E-state index is 9.80. The van der Waals surface area contributed by atoms with Gasteiger partial charge in [-0.3, -0.25) is 0 Å². The lowest BCUT2D eigenvalue weighted by Gasteiger charge is -2.28. The second-order valence-corrected chi connectivity index (χ2v) is 4.34. The zero-order valence-electron chi connectivity index (χ0n) is 9.53. The van der Waals surface area contributed by atoms with Crippen LogP contribution < -0.4 is 4.90 Å². The van der Waals surface area contributed by atoms with Gasteiger partial charge in [-0.25, -0.2) is 0 Å². The second kappa shape index (κ2) is 4.23. The molecule has 0 spiro atoms. The molecule has 0 aromatic heterocycles. The molecule has 2 rings (SSSR count). The molecule has 1 aliphatic heterocycles. The fraction of sp³-hybridized carbons (Fsp3) is 0.538. The molecule has 15 heavy (non-hydrogen) atoms. The van der Waals surface area contributed by atoms with Gasteiger partial charge in [-0.15, -0.1) is 0 Å². The predicted molar refractivity (Wildman–Crippen MR) is 63.3 cm³/mol. The molecule has 1 atom stereocenters. The molecule has 1 unspecified atom stereocenters. The van der Waals surface area contributed by atoms with Crippen molar-refractivity contribution in [3.05, 3.63) is 29.3 Å². The quantitative estimate of drug-likeness (QED) is 0.802. The number of aliphatic hydroxyl groups excluding tert-OH is 1. The van der Waals surface area contributed by atoms with Crippen LogP contribution in [0, 0.1) is 0 Å². The van der Waals surface area contributed by atoms with Crippen LogP contribution in [0.4, 0.5) is 5.69 Å². The summed E-state index contributed by atoms with van der Waals surface area (Å²) in [6.07, 6.45) is 2.87. The van der Waals surface area contributed by atoms with Gasteiger partial charge in [0, 0.05) is 19.3 Å². The fourth-order valence-electron chi connectivity index (χ4n) is 2.22. The van der Waals surface area contributed by atoms with Crippen molar-refractivity contribution in [2.75, 3.05) is 18.5 Å². The highest BCUT2D eigenvalue weighted by Crippen LogP contribution is 2.29. The number of hydrogen-bond donors (Lipinski definition) is 1. The van der Waals surface area contributed by atoms with Gasteiger partial charge in [0.15, 0.2) is 0 Å². The summed E-state index contributed by atoms with van der Waals surface area (Å²) in [5.41, 5.74) is 3.76. The topological polar surface area (TPSA) is 23.5 Å². The van der Waals surface area contributed by atoms with Crippen molar-refractivity contribution in [3.8, 4) is 0 Å². The van der Waals surface area contributed by atoms with Crippen LogP contribution in [0.2, 0.25) is 0 Å². The molecular weight excluding hydrogens is 186 g/mol. The second-order valence-electron chi connectivity index (χ2n) is 4.34. The number of rotatable bonds is 2. The highest BCUT2D eigenvalue weighted by molar-refractivity contribution is 5.57. The Kier molecular flexibility index (Phi) is 2.96. The van der Waals surface area contributed by atoms with Gasteiger partial charge in [0.2, 0.25) is 0 Å². The largest absolute Gasteiger partial charge is 0.388 e. The molecule has 0 amide bonds. The number of aliphatic hydroxyl groups is 1. The molecule has 1 N–H and O–H groups in total. The molecule has 0 saturated heterocycles. The van der Waals surface area contributed by atoms with Crippen molar-refractivity contribution in [2.24, 2.45) is 0 Å². The number of benzene rings is 1. The lowest BCUT2D eigenvalue weighted by Crippen LogP contribution is -2.24. The smallest absolute Gasteiger partial charge is 0.0788 e. The molecule has 0 bridgehead atoms. The van der Waals surface area contributed by atoms with Crippen molar-refractivity contribution in [1.29, 1.82) is 0 Å². The zero-order chi connectivity index (χ0) is 10.8. The van der Waals surface area contributed by atoms with E-state index in [-0.39, 0.29) is 6.10 Å². The number of nitrogens with zero attached hydrogens (tertiary/aromatic N) is 1. The van der Waals surface area contributed by atoms with E-state index in [0.29, 0.717) is 0 Å². The molecule has 0 saturated carbocycles. The van der Waals surface area contributed by atoms with E-state index < -0.39 is 0 Å². The summed E-state index contributed by atoms with van der Waals surface area (Å²) >= 11 is 0. The van der Waals surface area contributed by atoms with Gasteiger partial charge in [0.25, 0.3) is 0 Å². The first kappa shape index (κ1) is 10.5. The molecule has 1 aliphatic rings. The average Bonchev–Trinajstić information content (AvgIpc) is 2.28. The summed E-state index contributed by atoms with van der Waals surface area (Å²) in [5.74, 6) is 0. The van der Waals surface area contributed by atoms with Crippen LogP contribution in [-0.4, -0.2) is 18.7 Å². The number of anilines is 1. The minimum Gasteiger partial charge on any atom is -0.388 e. The first-order valence-corrected chi connectivity index (χ1v) is 5.74. The first-order chi connectivity index (χ1) is 7.22. The first-order valence-electron chi connectivity index (χ1n) is 5.74. The Morgan fingerprint density at radius 1 is 1.47 bits per heavy atom. The van der Waals surface area contributed by atoms with E-state index in [9.17, 15) is 5.11 Å². The van der Waals surface area contributed by atoms with Crippen LogP contribution in [-0.2, 0) is 6.42 Å². The molecule has 1 aromatic rings. The molecule has 82 valence electrons. The van der Waals surface area contributed by atoms with E-state index in [1.54, 1.807) is 0 Å². The van der Waals surface area contributed by atoms with E-state index >= 15 is 0 Å². The van der Waals surface area contributed by atoms with E-state index in [2.05, 4.69) is 30.1 Å². The van der Waals surface area contributed by atoms with Gasteiger partial charge in [0.05, 0.1) is 6.10 Å². The van der Waals surface area contributed by atoms with Crippen molar-refractivity contribution in [2.45, 2.75) is 32.3 Å². The monoisotopic (exact) mass is 205 g/mol. The Bertz CT molecular complexity index is 348. The third kappa shape index (κ3) is 2.00. The van der Waals surface area contributed by atoms with E-state index in [1.165, 1.54) is 24.1 Å². The summed E-state index contributed by atoms with van der Waals surface area (Å²) in [6, 6.07) is 6.37. The van der Waals surface area contributed by atoms with Gasteiger partial charge in [-0.2, -0.15) is 0 Å². The highest BCUT2D eigenvalue weighted by atomic mass is 16.3. The number of hydrogen-bond acceptors (Lipinski definition) is 2. The Labute approximate surface area is 91.5 Å². The average molecular weight is 205 g/mol. The van der Waals surface area contributed by atoms with Crippen molar-refractivity contribution < 1.29 is 5.11 Å². The Morgan fingerprint density at radius 2 is 2.27 bits per heavy atom. The standard InChI is InChI=1S/C13H19NO/c1-3-13(15)11-7-6-10-5-4-8-14(2)12(10)9-11/h6-7,9,13,15H,3-5,8H2,1-2H3. The third-order valence-corrected chi connectivity index (χ3v) is 3.23. The third-order valence-electron chi connectivity index (χ3n) is 3.23. The number of aryl methyl sites for hydroxylation is 1. The minimum absolute atomic E-state index is 0.314. The van der Waals surface area contributed by atoms with Gasteiger partial charge in [0.1, 0.15) is 0 Å². The lowest BCUT2D eigenvalue weighted by atomic mass is 9.97. The van der Waals surface area contributed by atoms with Gasteiger partial charge in [-0.1, -0.05) is 19.1 Å². The predicted octanol–water partition coefficient (Wildman–Crippen LogP) is 2.51. The summed E-state index contributed by atoms with van der Waals surface area (Å²) < 4.78 is 0. The van der Waals surface area contributed by atoms with E-state index in [4.69, 9.17) is 0 Å². The summed E-state index contributed by atoms with van der Waals surface area (Å²) in [7, 11) is 2.13. The summed E-state index contributed by atoms with van der Waals surface area (Å²) in [5, 5.41) is 9.80. The Hall–Kier alpha value is -1.02. The van der Waals surface area contributed by atoms with E-state index in [0.717, 1.165) is 18.5 Å². The minimum atomic E-state index is -0.314. The SMILES string of the molecule is CCC(O)c1ccc2c(c1)N(C)CCC2. The molecule has 1 heterocycles. The fourth-order valence-corrected chi connectivity index (χ4v) is 2.22. The van der Waals surface area contributed by atoms with Crippen LogP contribution in [0.25, 0.3) is 0 Å². The van der Waals surface area contributed by atoms with Crippen molar-refractivity contribution >= 4 is 5.69 Å². The summed E-state index contributed by atoms with van der Waals surface area (Å²) in [4.78, 5) is 2.28. The van der Waals surface area contributed by atoms with Crippen LogP contribution in [0.1, 0.15) is 37.0 Å². The van der Waals surface area contributed by atoms with Gasteiger partial charge >= 0.3 is 0 Å². The van der Waals surface area contributed by atoms with Crippen molar-refractivity contribution in [1.82, 2.24) is 0 Å².